The first-order valence-corrected chi connectivity index (χ1v) is 6.47. The van der Waals surface area contributed by atoms with Crippen LogP contribution in [0.3, 0.4) is 0 Å². The fourth-order valence-electron chi connectivity index (χ4n) is 2.34. The standard InChI is InChI=1S/C16H19NO2/c1-11(2)15-14(16(18)19)8-9-17(15)10-13-6-4-12(3)5-7-13/h4-9,11H,10H2,1-3H3,(H,18,19). The molecule has 2 aromatic rings. The minimum Gasteiger partial charge on any atom is -0.478 e. The molecule has 0 fully saturated rings. The van der Waals surface area contributed by atoms with Crippen LogP contribution in [0.5, 0.6) is 0 Å². The van der Waals surface area contributed by atoms with E-state index in [0.29, 0.717) is 12.1 Å². The van der Waals surface area contributed by atoms with E-state index in [9.17, 15) is 9.90 Å². The second-order valence-electron chi connectivity index (χ2n) is 5.19. The van der Waals surface area contributed by atoms with Crippen molar-refractivity contribution in [2.24, 2.45) is 0 Å². The van der Waals surface area contributed by atoms with E-state index >= 15 is 0 Å². The van der Waals surface area contributed by atoms with E-state index in [1.807, 2.05) is 24.6 Å². The van der Waals surface area contributed by atoms with Gasteiger partial charge in [0.25, 0.3) is 0 Å². The highest BCUT2D eigenvalue weighted by Crippen LogP contribution is 2.22. The lowest BCUT2D eigenvalue weighted by molar-refractivity contribution is 0.0695. The Morgan fingerprint density at radius 3 is 2.37 bits per heavy atom. The van der Waals surface area contributed by atoms with Gasteiger partial charge in [-0.05, 0) is 24.5 Å². The monoisotopic (exact) mass is 257 g/mol. The van der Waals surface area contributed by atoms with E-state index in [4.69, 9.17) is 0 Å². The van der Waals surface area contributed by atoms with Crippen molar-refractivity contribution in [1.82, 2.24) is 4.57 Å². The number of carboxylic acid groups (broad SMARTS) is 1. The lowest BCUT2D eigenvalue weighted by atomic mass is 10.1. The first-order chi connectivity index (χ1) is 8.99. The third kappa shape index (κ3) is 2.87. The molecule has 0 aliphatic rings. The van der Waals surface area contributed by atoms with Gasteiger partial charge >= 0.3 is 5.97 Å². The molecule has 1 N–H and O–H groups in total. The van der Waals surface area contributed by atoms with Crippen LogP contribution in [-0.4, -0.2) is 15.6 Å². The fourth-order valence-corrected chi connectivity index (χ4v) is 2.34. The first-order valence-electron chi connectivity index (χ1n) is 6.47. The van der Waals surface area contributed by atoms with Crippen molar-refractivity contribution < 1.29 is 9.90 Å². The van der Waals surface area contributed by atoms with Crippen LogP contribution in [0.1, 0.15) is 46.9 Å². The van der Waals surface area contributed by atoms with E-state index in [2.05, 4.69) is 31.2 Å². The van der Waals surface area contributed by atoms with Crippen LogP contribution in [0, 0.1) is 6.92 Å². The highest BCUT2D eigenvalue weighted by atomic mass is 16.4. The molecule has 0 saturated carbocycles. The van der Waals surface area contributed by atoms with Gasteiger partial charge in [0.1, 0.15) is 0 Å². The summed E-state index contributed by atoms with van der Waals surface area (Å²) in [7, 11) is 0. The number of benzene rings is 1. The number of hydrogen-bond donors (Lipinski definition) is 1. The molecule has 2 rings (SSSR count). The van der Waals surface area contributed by atoms with E-state index in [1.54, 1.807) is 6.07 Å². The molecule has 0 unspecified atom stereocenters. The van der Waals surface area contributed by atoms with Gasteiger partial charge in [-0.1, -0.05) is 43.7 Å². The Balaban J connectivity index is 2.35. The molecular weight excluding hydrogens is 238 g/mol. The number of carbonyl (C=O) groups is 1. The summed E-state index contributed by atoms with van der Waals surface area (Å²) in [5.74, 6) is -0.669. The minimum absolute atomic E-state index is 0.187. The van der Waals surface area contributed by atoms with Gasteiger partial charge in [-0.25, -0.2) is 4.79 Å². The summed E-state index contributed by atoms with van der Waals surface area (Å²) < 4.78 is 2.03. The molecule has 0 radical (unpaired) electrons. The molecule has 0 aliphatic carbocycles. The molecule has 0 spiro atoms. The Hall–Kier alpha value is -2.03. The van der Waals surface area contributed by atoms with Crippen molar-refractivity contribution >= 4 is 5.97 Å². The molecule has 0 amide bonds. The summed E-state index contributed by atoms with van der Waals surface area (Å²) in [5, 5.41) is 9.22. The molecule has 100 valence electrons. The topological polar surface area (TPSA) is 42.2 Å². The highest BCUT2D eigenvalue weighted by molar-refractivity contribution is 5.89. The average molecular weight is 257 g/mol. The van der Waals surface area contributed by atoms with E-state index in [1.165, 1.54) is 11.1 Å². The maximum Gasteiger partial charge on any atom is 0.337 e. The zero-order chi connectivity index (χ0) is 14.0. The van der Waals surface area contributed by atoms with Crippen molar-refractivity contribution in [2.45, 2.75) is 33.2 Å². The highest BCUT2D eigenvalue weighted by Gasteiger charge is 2.17. The van der Waals surface area contributed by atoms with Crippen LogP contribution in [0.4, 0.5) is 0 Å². The van der Waals surface area contributed by atoms with E-state index < -0.39 is 5.97 Å². The van der Waals surface area contributed by atoms with Gasteiger partial charge in [0.2, 0.25) is 0 Å². The zero-order valence-corrected chi connectivity index (χ0v) is 11.6. The number of aryl methyl sites for hydroxylation is 1. The van der Waals surface area contributed by atoms with Crippen LogP contribution in [0.25, 0.3) is 0 Å². The molecule has 3 heteroatoms. The molecule has 0 atom stereocenters. The van der Waals surface area contributed by atoms with Crippen LogP contribution in [-0.2, 0) is 6.54 Å². The smallest absolute Gasteiger partial charge is 0.337 e. The predicted octanol–water partition coefficient (Wildman–Crippen LogP) is 3.67. The Labute approximate surface area is 113 Å². The molecular formula is C16H19NO2. The summed E-state index contributed by atoms with van der Waals surface area (Å²) >= 11 is 0. The molecule has 1 heterocycles. The van der Waals surface area contributed by atoms with Gasteiger partial charge in [0.05, 0.1) is 5.56 Å². The molecule has 0 saturated heterocycles. The largest absolute Gasteiger partial charge is 0.478 e. The summed E-state index contributed by atoms with van der Waals surface area (Å²) in [6.45, 7) is 6.81. The molecule has 19 heavy (non-hydrogen) atoms. The number of nitrogens with zero attached hydrogens (tertiary/aromatic N) is 1. The quantitative estimate of drug-likeness (QED) is 0.908. The summed E-state index contributed by atoms with van der Waals surface area (Å²) in [6.07, 6.45) is 1.86. The maximum absolute atomic E-state index is 11.2. The number of aromatic nitrogens is 1. The van der Waals surface area contributed by atoms with Gasteiger partial charge in [-0.15, -0.1) is 0 Å². The van der Waals surface area contributed by atoms with Crippen molar-refractivity contribution in [2.75, 3.05) is 0 Å². The molecule has 1 aromatic carbocycles. The van der Waals surface area contributed by atoms with Crippen molar-refractivity contribution in [3.05, 3.63) is 58.9 Å². The molecule has 1 aromatic heterocycles. The molecule has 3 nitrogen and oxygen atoms in total. The van der Waals surface area contributed by atoms with Crippen LogP contribution >= 0.6 is 0 Å². The van der Waals surface area contributed by atoms with Crippen molar-refractivity contribution in [3.63, 3.8) is 0 Å². The fraction of sp³-hybridized carbons (Fsp3) is 0.312. The summed E-state index contributed by atoms with van der Waals surface area (Å²) in [6, 6.07) is 10.0. The number of aromatic carboxylic acids is 1. The predicted molar refractivity (Wildman–Crippen MR) is 75.8 cm³/mol. The Morgan fingerprint density at radius 1 is 1.21 bits per heavy atom. The normalized spacial score (nSPS) is 10.9. The lowest BCUT2D eigenvalue weighted by Crippen LogP contribution is -2.09. The lowest BCUT2D eigenvalue weighted by Gasteiger charge is -2.13. The van der Waals surface area contributed by atoms with E-state index in [0.717, 1.165) is 5.69 Å². The van der Waals surface area contributed by atoms with Crippen molar-refractivity contribution in [3.8, 4) is 0 Å². The summed E-state index contributed by atoms with van der Waals surface area (Å²) in [4.78, 5) is 11.2. The third-order valence-corrected chi connectivity index (χ3v) is 3.26. The first kappa shape index (κ1) is 13.4. The van der Waals surface area contributed by atoms with E-state index in [-0.39, 0.29) is 5.92 Å². The van der Waals surface area contributed by atoms with Crippen LogP contribution < -0.4 is 0 Å². The van der Waals surface area contributed by atoms with Crippen LogP contribution in [0.2, 0.25) is 0 Å². The Kier molecular flexibility index (Phi) is 3.74. The van der Waals surface area contributed by atoms with Crippen molar-refractivity contribution in [1.29, 1.82) is 0 Å². The van der Waals surface area contributed by atoms with Crippen LogP contribution in [0.15, 0.2) is 36.5 Å². The molecule has 0 bridgehead atoms. The number of carboxylic acids is 1. The third-order valence-electron chi connectivity index (χ3n) is 3.26. The van der Waals surface area contributed by atoms with Gasteiger partial charge in [0.15, 0.2) is 0 Å². The summed E-state index contributed by atoms with van der Waals surface area (Å²) in [5.41, 5.74) is 3.70. The maximum atomic E-state index is 11.2. The zero-order valence-electron chi connectivity index (χ0n) is 11.6. The second-order valence-corrected chi connectivity index (χ2v) is 5.19. The Bertz CT molecular complexity index is 579. The SMILES string of the molecule is Cc1ccc(Cn2ccc(C(=O)O)c2C(C)C)cc1. The second kappa shape index (κ2) is 5.31. The van der Waals surface area contributed by atoms with Gasteiger partial charge in [0, 0.05) is 18.4 Å². The molecule has 0 aliphatic heterocycles. The minimum atomic E-state index is -0.855. The average Bonchev–Trinajstić information content (AvgIpc) is 2.76. The number of hydrogen-bond acceptors (Lipinski definition) is 1. The van der Waals surface area contributed by atoms with Gasteiger partial charge in [-0.3, -0.25) is 0 Å². The Morgan fingerprint density at radius 2 is 1.84 bits per heavy atom. The van der Waals surface area contributed by atoms with Gasteiger partial charge < -0.3 is 9.67 Å². The number of rotatable bonds is 4. The van der Waals surface area contributed by atoms with Gasteiger partial charge in [-0.2, -0.15) is 0 Å².